The van der Waals surface area contributed by atoms with Crippen LogP contribution in [-0.4, -0.2) is 105 Å². The van der Waals surface area contributed by atoms with Crippen LogP contribution in [0, 0.1) is 11.3 Å². The summed E-state index contributed by atoms with van der Waals surface area (Å²) in [5, 5.41) is 71.2. The maximum absolute atomic E-state index is 10.5. The fourth-order valence-electron chi connectivity index (χ4n) is 6.58. The van der Waals surface area contributed by atoms with E-state index in [0.717, 1.165) is 19.3 Å². The summed E-state index contributed by atoms with van der Waals surface area (Å²) in [5.41, 5.74) is -1.13. The first-order chi connectivity index (χ1) is 19.8. The molecule has 1 aliphatic carbocycles. The summed E-state index contributed by atoms with van der Waals surface area (Å²) < 4.78 is 11.6. The molecule has 0 spiro atoms. The minimum absolute atomic E-state index is 0.102. The Hall–Kier alpha value is -0.360. The van der Waals surface area contributed by atoms with Gasteiger partial charge in [0.2, 0.25) is 0 Å². The lowest BCUT2D eigenvalue weighted by atomic mass is 9.85. The van der Waals surface area contributed by atoms with Gasteiger partial charge in [0.1, 0.15) is 24.4 Å². The molecule has 1 aliphatic heterocycles. The van der Waals surface area contributed by atoms with Gasteiger partial charge in [0.05, 0.1) is 38.1 Å². The van der Waals surface area contributed by atoms with Gasteiger partial charge in [-0.15, -0.1) is 0 Å². The van der Waals surface area contributed by atoms with Crippen molar-refractivity contribution in [2.45, 2.75) is 165 Å². The van der Waals surface area contributed by atoms with Crippen molar-refractivity contribution in [1.29, 1.82) is 0 Å². The lowest BCUT2D eigenvalue weighted by Gasteiger charge is -2.41. The minimum atomic E-state index is -1.35. The third kappa shape index (κ3) is 11.9. The summed E-state index contributed by atoms with van der Waals surface area (Å²) in [4.78, 5) is 0. The van der Waals surface area contributed by atoms with E-state index in [1.165, 1.54) is 83.5 Å². The molecule has 3 unspecified atom stereocenters. The molecule has 0 bridgehead atoms. The molecule has 2 rings (SSSR count). The van der Waals surface area contributed by atoms with Gasteiger partial charge in [-0.1, -0.05) is 110 Å². The fraction of sp³-hybridized carbons (Fsp3) is 1.00. The molecule has 0 aromatic rings. The van der Waals surface area contributed by atoms with Crippen LogP contribution in [0.3, 0.4) is 0 Å². The van der Waals surface area contributed by atoms with Crippen LogP contribution in [0.2, 0.25) is 0 Å². The van der Waals surface area contributed by atoms with Gasteiger partial charge in [-0.25, -0.2) is 0 Å². The number of ether oxygens (including phenoxy) is 2. The Morgan fingerprint density at radius 1 is 0.634 bits per heavy atom. The van der Waals surface area contributed by atoms with Crippen LogP contribution in [0.4, 0.5) is 0 Å². The SMILES string of the molecule is CCCCCCCCCCCCCCCCCCC1O[C@H](COC[C@]2(CO)C[C@H](CO)[C@H](O)C2O)C(O)[C@H](O)[C@@H]1O. The average Bonchev–Trinajstić information content (AvgIpc) is 3.22. The predicted octanol–water partition coefficient (Wildman–Crippen LogP) is 3.22. The maximum atomic E-state index is 10.5. The molecule has 2 aliphatic rings. The number of hydrogen-bond acceptors (Lipinski definition) is 9. The Morgan fingerprint density at radius 2 is 1.12 bits per heavy atom. The van der Waals surface area contributed by atoms with Crippen molar-refractivity contribution in [1.82, 2.24) is 0 Å². The van der Waals surface area contributed by atoms with Crippen molar-refractivity contribution in [3.8, 4) is 0 Å². The quantitative estimate of drug-likeness (QED) is 0.0887. The van der Waals surface area contributed by atoms with Crippen molar-refractivity contribution >= 4 is 0 Å². The number of hydrogen-bond donors (Lipinski definition) is 7. The zero-order valence-corrected chi connectivity index (χ0v) is 25.6. The van der Waals surface area contributed by atoms with E-state index in [2.05, 4.69) is 6.92 Å². The van der Waals surface area contributed by atoms with Gasteiger partial charge in [0.25, 0.3) is 0 Å². The van der Waals surface area contributed by atoms with Crippen LogP contribution in [0.1, 0.15) is 122 Å². The zero-order valence-electron chi connectivity index (χ0n) is 25.6. The van der Waals surface area contributed by atoms with Crippen LogP contribution in [0.15, 0.2) is 0 Å². The first kappa shape index (κ1) is 36.8. The molecule has 1 saturated heterocycles. The smallest absolute Gasteiger partial charge is 0.111 e. The molecular formula is C32H62O9. The molecule has 0 radical (unpaired) electrons. The summed E-state index contributed by atoms with van der Waals surface area (Å²) in [5.74, 6) is -0.557. The van der Waals surface area contributed by atoms with E-state index < -0.39 is 60.7 Å². The lowest BCUT2D eigenvalue weighted by molar-refractivity contribution is -0.236. The Labute approximate surface area is 248 Å². The molecule has 9 heteroatoms. The third-order valence-corrected chi connectivity index (χ3v) is 9.48. The highest BCUT2D eigenvalue weighted by Gasteiger charge is 2.52. The molecule has 0 aromatic carbocycles. The number of rotatable bonds is 23. The normalized spacial score (nSPS) is 34.0. The molecule has 1 saturated carbocycles. The van der Waals surface area contributed by atoms with E-state index in [4.69, 9.17) is 9.47 Å². The molecule has 2 fully saturated rings. The van der Waals surface area contributed by atoms with Crippen molar-refractivity contribution in [3.05, 3.63) is 0 Å². The van der Waals surface area contributed by atoms with Gasteiger partial charge in [-0.3, -0.25) is 0 Å². The molecule has 1 heterocycles. The Morgan fingerprint density at radius 3 is 1.59 bits per heavy atom. The standard InChI is InChI=1S/C32H62O9/c1-2-3-4-5-6-7-8-9-10-11-12-13-14-15-16-17-18-25-28(36)30(38)29(37)26(41-25)21-40-23-32(22-34)19-24(20-33)27(35)31(32)39/h24-31,33-39H,2-23H2,1H3/t24-,25?,26-,27+,28-,29?,30-,31?,32-/m1/s1. The second-order valence-corrected chi connectivity index (χ2v) is 12.9. The van der Waals surface area contributed by atoms with Crippen molar-refractivity contribution in [2.24, 2.45) is 11.3 Å². The molecule has 9 nitrogen and oxygen atoms in total. The summed E-state index contributed by atoms with van der Waals surface area (Å²) in [6, 6.07) is 0. The van der Waals surface area contributed by atoms with Crippen molar-refractivity contribution in [3.63, 3.8) is 0 Å². The highest BCUT2D eigenvalue weighted by atomic mass is 16.6. The van der Waals surface area contributed by atoms with E-state index in [0.29, 0.717) is 6.42 Å². The highest BCUT2D eigenvalue weighted by molar-refractivity contribution is 5.01. The number of aliphatic hydroxyl groups excluding tert-OH is 7. The van der Waals surface area contributed by atoms with Gasteiger partial charge in [-0.05, 0) is 12.8 Å². The van der Waals surface area contributed by atoms with Gasteiger partial charge < -0.3 is 45.2 Å². The van der Waals surface area contributed by atoms with Crippen molar-refractivity contribution in [2.75, 3.05) is 26.4 Å². The Bertz CT molecular complexity index is 653. The third-order valence-electron chi connectivity index (χ3n) is 9.48. The predicted molar refractivity (Wildman–Crippen MR) is 158 cm³/mol. The fourth-order valence-corrected chi connectivity index (χ4v) is 6.58. The van der Waals surface area contributed by atoms with Crippen LogP contribution < -0.4 is 0 Å². The van der Waals surface area contributed by atoms with Gasteiger partial charge >= 0.3 is 0 Å². The summed E-state index contributed by atoms with van der Waals surface area (Å²) in [6.07, 6.45) is 13.4. The number of aliphatic hydroxyl groups is 7. The van der Waals surface area contributed by atoms with Crippen molar-refractivity contribution < 1.29 is 45.2 Å². The van der Waals surface area contributed by atoms with Crippen LogP contribution >= 0.6 is 0 Å². The van der Waals surface area contributed by atoms with E-state index in [-0.39, 0.29) is 26.2 Å². The van der Waals surface area contributed by atoms with E-state index >= 15 is 0 Å². The topological polar surface area (TPSA) is 160 Å². The summed E-state index contributed by atoms with van der Waals surface area (Å²) in [7, 11) is 0. The Balaban J connectivity index is 1.57. The second kappa shape index (κ2) is 20.6. The molecular weight excluding hydrogens is 528 g/mol. The monoisotopic (exact) mass is 590 g/mol. The number of unbranched alkanes of at least 4 members (excludes halogenated alkanes) is 15. The van der Waals surface area contributed by atoms with E-state index in [1.54, 1.807) is 0 Å². The first-order valence-electron chi connectivity index (χ1n) is 16.7. The lowest BCUT2D eigenvalue weighted by Crippen LogP contribution is -2.58. The highest BCUT2D eigenvalue weighted by Crippen LogP contribution is 2.42. The molecule has 0 amide bonds. The van der Waals surface area contributed by atoms with Crippen LogP contribution in [-0.2, 0) is 9.47 Å². The van der Waals surface area contributed by atoms with Gasteiger partial charge in [0, 0.05) is 17.9 Å². The molecule has 7 N–H and O–H groups in total. The molecule has 9 atom stereocenters. The Kier molecular flexibility index (Phi) is 18.5. The minimum Gasteiger partial charge on any atom is -0.396 e. The second-order valence-electron chi connectivity index (χ2n) is 12.9. The zero-order chi connectivity index (χ0) is 30.1. The van der Waals surface area contributed by atoms with Crippen LogP contribution in [0.5, 0.6) is 0 Å². The molecule has 41 heavy (non-hydrogen) atoms. The maximum Gasteiger partial charge on any atom is 0.111 e. The van der Waals surface area contributed by atoms with Gasteiger partial charge in [-0.2, -0.15) is 0 Å². The van der Waals surface area contributed by atoms with Gasteiger partial charge in [0.15, 0.2) is 0 Å². The van der Waals surface area contributed by atoms with Crippen LogP contribution in [0.25, 0.3) is 0 Å². The van der Waals surface area contributed by atoms with E-state index in [9.17, 15) is 35.7 Å². The molecule has 244 valence electrons. The average molecular weight is 591 g/mol. The van der Waals surface area contributed by atoms with E-state index in [1.807, 2.05) is 0 Å². The molecule has 0 aromatic heterocycles. The summed E-state index contributed by atoms with van der Waals surface area (Å²) >= 11 is 0. The first-order valence-corrected chi connectivity index (χ1v) is 16.7. The summed E-state index contributed by atoms with van der Waals surface area (Å²) in [6.45, 7) is 1.31. The largest absolute Gasteiger partial charge is 0.396 e.